The highest BCUT2D eigenvalue weighted by Gasteiger charge is 2.14. The molecule has 0 aliphatic rings. The van der Waals surface area contributed by atoms with Gasteiger partial charge in [-0.1, -0.05) is 77.2 Å². The zero-order chi connectivity index (χ0) is 17.3. The molecular weight excluding hydrogens is 288 g/mol. The van der Waals surface area contributed by atoms with Crippen LogP contribution in [0, 0.1) is 0 Å². The Kier molecular flexibility index (Phi) is 15.0. The zero-order valence-electron chi connectivity index (χ0n) is 15.5. The summed E-state index contributed by atoms with van der Waals surface area (Å²) in [5.74, 6) is -0.686. The molecule has 0 aromatic carbocycles. The van der Waals surface area contributed by atoms with Gasteiger partial charge in [-0.05, 0) is 26.7 Å². The molecule has 0 spiro atoms. The van der Waals surface area contributed by atoms with Gasteiger partial charge in [0.1, 0.15) is 0 Å². The van der Waals surface area contributed by atoms with Crippen LogP contribution < -0.4 is 0 Å². The van der Waals surface area contributed by atoms with Crippen molar-refractivity contribution in [3.8, 4) is 0 Å². The Balaban J connectivity index is 3.61. The van der Waals surface area contributed by atoms with Crippen molar-refractivity contribution >= 4 is 11.8 Å². The minimum absolute atomic E-state index is 0.202. The molecule has 0 amide bonds. The van der Waals surface area contributed by atoms with Crippen molar-refractivity contribution in [2.45, 2.75) is 97.8 Å². The number of carbonyl (C=O) groups is 2. The second kappa shape index (κ2) is 15.8. The first-order chi connectivity index (χ1) is 11.1. The highest BCUT2D eigenvalue weighted by atomic mass is 16.5. The van der Waals surface area contributed by atoms with Gasteiger partial charge in [-0.3, -0.25) is 4.79 Å². The van der Waals surface area contributed by atoms with Crippen molar-refractivity contribution in [1.29, 1.82) is 0 Å². The van der Waals surface area contributed by atoms with E-state index >= 15 is 0 Å². The summed E-state index contributed by atoms with van der Waals surface area (Å²) in [5, 5.41) is 0. The molecule has 0 rings (SSSR count). The topological polar surface area (TPSA) is 43.4 Å². The number of hydrogen-bond acceptors (Lipinski definition) is 3. The van der Waals surface area contributed by atoms with E-state index in [2.05, 4.69) is 6.92 Å². The molecule has 0 saturated carbocycles. The Hall–Kier alpha value is -1.12. The van der Waals surface area contributed by atoms with Crippen molar-refractivity contribution in [3.63, 3.8) is 0 Å². The maximum atomic E-state index is 11.6. The van der Waals surface area contributed by atoms with Crippen molar-refractivity contribution in [1.82, 2.24) is 0 Å². The van der Waals surface area contributed by atoms with Crippen LogP contribution in [0.4, 0.5) is 0 Å². The summed E-state index contributed by atoms with van der Waals surface area (Å²) >= 11 is 0. The smallest absolute Gasteiger partial charge is 0.341 e. The van der Waals surface area contributed by atoms with Crippen LogP contribution in [-0.2, 0) is 14.3 Å². The van der Waals surface area contributed by atoms with Gasteiger partial charge in [0.15, 0.2) is 5.78 Å². The minimum Gasteiger partial charge on any atom is -0.462 e. The molecule has 0 aromatic heterocycles. The summed E-state index contributed by atoms with van der Waals surface area (Å²) in [6, 6.07) is 0. The van der Waals surface area contributed by atoms with Crippen LogP contribution in [0.5, 0.6) is 0 Å². The van der Waals surface area contributed by atoms with Gasteiger partial charge in [0.05, 0.1) is 12.2 Å². The molecule has 0 aliphatic carbocycles. The van der Waals surface area contributed by atoms with E-state index in [0.717, 1.165) is 12.8 Å². The van der Waals surface area contributed by atoms with Crippen molar-refractivity contribution in [2.75, 3.05) is 6.61 Å². The summed E-state index contributed by atoms with van der Waals surface area (Å²) in [6.45, 7) is 5.73. The minimum atomic E-state index is -0.483. The maximum absolute atomic E-state index is 11.6. The highest BCUT2D eigenvalue weighted by Crippen LogP contribution is 2.13. The summed E-state index contributed by atoms with van der Waals surface area (Å²) in [6.07, 6.45) is 16.8. The first kappa shape index (κ1) is 21.9. The Morgan fingerprint density at radius 3 is 1.70 bits per heavy atom. The predicted octanol–water partition coefficient (Wildman–Crippen LogP) is 5.77. The maximum Gasteiger partial charge on any atom is 0.341 e. The number of ketones is 1. The fraction of sp³-hybridized carbons (Fsp3) is 0.800. The lowest BCUT2D eigenvalue weighted by Crippen LogP contribution is -2.13. The Morgan fingerprint density at radius 2 is 1.26 bits per heavy atom. The summed E-state index contributed by atoms with van der Waals surface area (Å²) in [7, 11) is 0. The van der Waals surface area contributed by atoms with E-state index < -0.39 is 5.97 Å². The van der Waals surface area contributed by atoms with Crippen LogP contribution in [0.1, 0.15) is 97.8 Å². The van der Waals surface area contributed by atoms with Crippen LogP contribution in [-0.4, -0.2) is 18.4 Å². The lowest BCUT2D eigenvalue weighted by Gasteiger charge is -2.04. The van der Waals surface area contributed by atoms with Gasteiger partial charge >= 0.3 is 5.97 Å². The number of unbranched alkanes of at least 4 members (excludes halogenated alkanes) is 11. The Morgan fingerprint density at radius 1 is 0.783 bits per heavy atom. The molecule has 0 radical (unpaired) electrons. The van der Waals surface area contributed by atoms with Crippen molar-refractivity contribution < 1.29 is 14.3 Å². The molecule has 0 fully saturated rings. The Labute approximate surface area is 142 Å². The van der Waals surface area contributed by atoms with Gasteiger partial charge in [-0.15, -0.1) is 0 Å². The molecule has 0 saturated heterocycles. The first-order valence-electron chi connectivity index (χ1n) is 9.51. The fourth-order valence-electron chi connectivity index (χ4n) is 2.63. The number of ether oxygens (including phenoxy) is 1. The SMILES string of the molecule is CCCCCCCCCCCCC/C=C(\C(C)=O)C(=O)OCC. The van der Waals surface area contributed by atoms with Crippen molar-refractivity contribution in [2.24, 2.45) is 0 Å². The average Bonchev–Trinajstić information content (AvgIpc) is 2.51. The molecule has 3 heteroatoms. The zero-order valence-corrected chi connectivity index (χ0v) is 15.5. The monoisotopic (exact) mass is 324 g/mol. The van der Waals surface area contributed by atoms with E-state index in [0.29, 0.717) is 6.61 Å². The molecule has 0 atom stereocenters. The van der Waals surface area contributed by atoms with Crippen LogP contribution in [0.2, 0.25) is 0 Å². The molecule has 0 heterocycles. The van der Waals surface area contributed by atoms with Gasteiger partial charge in [0, 0.05) is 0 Å². The predicted molar refractivity (Wildman–Crippen MR) is 96.5 cm³/mol. The molecule has 0 N–H and O–H groups in total. The summed E-state index contributed by atoms with van der Waals surface area (Å²) in [4.78, 5) is 23.0. The van der Waals surface area contributed by atoms with Gasteiger partial charge < -0.3 is 4.74 Å². The standard InChI is InChI=1S/C20H36O3/c1-4-6-7-8-9-10-11-12-13-14-15-16-17-19(18(3)21)20(22)23-5-2/h17H,4-16H2,1-3H3/b19-17+. The molecule has 0 aliphatic heterocycles. The van der Waals surface area contributed by atoms with Gasteiger partial charge in [0.2, 0.25) is 0 Å². The first-order valence-corrected chi connectivity index (χ1v) is 9.51. The van der Waals surface area contributed by atoms with E-state index in [1.165, 1.54) is 71.1 Å². The van der Waals surface area contributed by atoms with Crippen LogP contribution in [0.3, 0.4) is 0 Å². The molecule has 0 aromatic rings. The highest BCUT2D eigenvalue weighted by molar-refractivity contribution is 6.16. The molecule has 134 valence electrons. The largest absolute Gasteiger partial charge is 0.462 e. The van der Waals surface area contributed by atoms with Crippen LogP contribution in [0.25, 0.3) is 0 Å². The van der Waals surface area contributed by atoms with Crippen molar-refractivity contribution in [3.05, 3.63) is 11.6 Å². The average molecular weight is 325 g/mol. The molecule has 0 bridgehead atoms. The Bertz CT molecular complexity index is 345. The summed E-state index contributed by atoms with van der Waals surface area (Å²) in [5.41, 5.74) is 0.207. The number of rotatable bonds is 15. The number of carbonyl (C=O) groups excluding carboxylic acids is 2. The number of hydrogen-bond donors (Lipinski definition) is 0. The quantitative estimate of drug-likeness (QED) is 0.126. The lowest BCUT2D eigenvalue weighted by molar-refractivity contribution is -0.139. The third-order valence-corrected chi connectivity index (χ3v) is 4.03. The van der Waals surface area contributed by atoms with Crippen LogP contribution >= 0.6 is 0 Å². The number of Topliss-reactive ketones (excluding diaryl/α,β-unsaturated/α-hetero) is 1. The molecular formula is C20H36O3. The van der Waals surface area contributed by atoms with E-state index in [-0.39, 0.29) is 11.4 Å². The normalized spacial score (nSPS) is 11.5. The third kappa shape index (κ3) is 13.1. The van der Waals surface area contributed by atoms with Gasteiger partial charge in [-0.2, -0.15) is 0 Å². The van der Waals surface area contributed by atoms with E-state index in [4.69, 9.17) is 4.74 Å². The lowest BCUT2D eigenvalue weighted by atomic mass is 10.0. The van der Waals surface area contributed by atoms with E-state index in [9.17, 15) is 9.59 Å². The van der Waals surface area contributed by atoms with Crippen LogP contribution in [0.15, 0.2) is 11.6 Å². The third-order valence-electron chi connectivity index (χ3n) is 4.03. The molecule has 3 nitrogen and oxygen atoms in total. The van der Waals surface area contributed by atoms with E-state index in [1.807, 2.05) is 0 Å². The number of allylic oxidation sites excluding steroid dienone is 1. The summed E-state index contributed by atoms with van der Waals surface area (Å²) < 4.78 is 4.89. The fourth-order valence-corrected chi connectivity index (χ4v) is 2.63. The number of esters is 1. The molecule has 23 heavy (non-hydrogen) atoms. The van der Waals surface area contributed by atoms with E-state index in [1.54, 1.807) is 13.0 Å². The second-order valence-corrected chi connectivity index (χ2v) is 6.22. The van der Waals surface area contributed by atoms with Gasteiger partial charge in [0.25, 0.3) is 0 Å². The molecule has 0 unspecified atom stereocenters. The van der Waals surface area contributed by atoms with Gasteiger partial charge in [-0.25, -0.2) is 4.79 Å². The second-order valence-electron chi connectivity index (χ2n) is 6.22.